The van der Waals surface area contributed by atoms with Crippen LogP contribution in [0.25, 0.3) is 0 Å². The molecule has 2 N–H and O–H groups in total. The van der Waals surface area contributed by atoms with Crippen molar-refractivity contribution in [2.75, 3.05) is 0 Å². The van der Waals surface area contributed by atoms with Gasteiger partial charge in [-0.25, -0.2) is 8.42 Å². The molecule has 116 valence electrons. The van der Waals surface area contributed by atoms with E-state index in [1.807, 2.05) is 0 Å². The first-order valence-electron chi connectivity index (χ1n) is 7.16. The quantitative estimate of drug-likeness (QED) is 0.808. The minimum absolute atomic E-state index is 0.107. The fourth-order valence-electron chi connectivity index (χ4n) is 2.42. The molecular formula is C15H21NO4S. The number of hydrogen-bond donors (Lipinski definition) is 2. The van der Waals surface area contributed by atoms with Crippen LogP contribution in [0.4, 0.5) is 0 Å². The molecule has 1 atom stereocenters. The van der Waals surface area contributed by atoms with E-state index in [1.54, 1.807) is 12.1 Å². The molecular weight excluding hydrogens is 290 g/mol. The van der Waals surface area contributed by atoms with E-state index in [9.17, 15) is 18.3 Å². The predicted octanol–water partition coefficient (Wildman–Crippen LogP) is 2.17. The zero-order valence-corrected chi connectivity index (χ0v) is 13.1. The number of aryl methyl sites for hydroxylation is 1. The van der Waals surface area contributed by atoms with Crippen LogP contribution in [0.5, 0.6) is 0 Å². The maximum Gasteiger partial charge on any atom is 0.324 e. The van der Waals surface area contributed by atoms with Gasteiger partial charge in [-0.2, -0.15) is 4.72 Å². The van der Waals surface area contributed by atoms with Crippen molar-refractivity contribution in [2.24, 2.45) is 5.92 Å². The Morgan fingerprint density at radius 3 is 2.33 bits per heavy atom. The van der Waals surface area contributed by atoms with E-state index in [4.69, 9.17) is 0 Å². The predicted molar refractivity (Wildman–Crippen MR) is 79.5 cm³/mol. The van der Waals surface area contributed by atoms with Gasteiger partial charge in [0.05, 0.1) is 4.90 Å². The molecule has 5 nitrogen and oxygen atoms in total. The molecule has 0 bridgehead atoms. The fourth-order valence-corrected chi connectivity index (χ4v) is 3.85. The van der Waals surface area contributed by atoms with E-state index >= 15 is 0 Å². The number of rotatable bonds is 7. The van der Waals surface area contributed by atoms with Crippen LogP contribution in [0, 0.1) is 5.92 Å². The van der Waals surface area contributed by atoms with Crippen molar-refractivity contribution in [1.82, 2.24) is 4.72 Å². The Morgan fingerprint density at radius 1 is 1.33 bits per heavy atom. The van der Waals surface area contributed by atoms with Gasteiger partial charge in [0, 0.05) is 0 Å². The van der Waals surface area contributed by atoms with Gasteiger partial charge in [0.15, 0.2) is 0 Å². The van der Waals surface area contributed by atoms with Crippen LogP contribution in [0.1, 0.15) is 38.7 Å². The molecule has 0 aliphatic heterocycles. The van der Waals surface area contributed by atoms with E-state index in [2.05, 4.69) is 11.6 Å². The van der Waals surface area contributed by atoms with Crippen molar-refractivity contribution in [3.63, 3.8) is 0 Å². The Morgan fingerprint density at radius 2 is 1.90 bits per heavy atom. The van der Waals surface area contributed by atoms with Gasteiger partial charge in [0.25, 0.3) is 0 Å². The molecule has 1 saturated carbocycles. The van der Waals surface area contributed by atoms with E-state index in [1.165, 1.54) is 19.1 Å². The maximum absolute atomic E-state index is 12.4. The molecule has 0 amide bonds. The van der Waals surface area contributed by atoms with Gasteiger partial charge >= 0.3 is 5.97 Å². The third-order valence-electron chi connectivity index (χ3n) is 3.96. The summed E-state index contributed by atoms with van der Waals surface area (Å²) < 4.78 is 27.1. The lowest BCUT2D eigenvalue weighted by Gasteiger charge is -2.25. The van der Waals surface area contributed by atoms with Gasteiger partial charge < -0.3 is 5.11 Å². The molecule has 1 aromatic rings. The van der Waals surface area contributed by atoms with Gasteiger partial charge in [0.1, 0.15) is 5.54 Å². The number of hydrogen-bond acceptors (Lipinski definition) is 3. The van der Waals surface area contributed by atoms with Crippen LogP contribution < -0.4 is 4.72 Å². The largest absolute Gasteiger partial charge is 0.480 e. The summed E-state index contributed by atoms with van der Waals surface area (Å²) in [5, 5.41) is 9.34. The topological polar surface area (TPSA) is 83.5 Å². The van der Waals surface area contributed by atoms with Crippen molar-refractivity contribution >= 4 is 16.0 Å². The van der Waals surface area contributed by atoms with Gasteiger partial charge in [-0.05, 0) is 49.8 Å². The average molecular weight is 311 g/mol. The van der Waals surface area contributed by atoms with Crippen molar-refractivity contribution in [3.05, 3.63) is 29.8 Å². The molecule has 1 aliphatic carbocycles. The highest BCUT2D eigenvalue weighted by molar-refractivity contribution is 7.89. The van der Waals surface area contributed by atoms with Gasteiger partial charge in [-0.3, -0.25) is 4.79 Å². The third kappa shape index (κ3) is 3.44. The number of benzene rings is 1. The van der Waals surface area contributed by atoms with E-state index < -0.39 is 21.5 Å². The van der Waals surface area contributed by atoms with Crippen molar-refractivity contribution in [2.45, 2.75) is 50.0 Å². The normalized spacial score (nSPS) is 18.2. The highest BCUT2D eigenvalue weighted by Gasteiger charge is 2.50. The molecule has 0 saturated heterocycles. The van der Waals surface area contributed by atoms with Crippen molar-refractivity contribution < 1.29 is 18.3 Å². The Balaban J connectivity index is 2.23. The fraction of sp³-hybridized carbons (Fsp3) is 0.533. The molecule has 0 aromatic heterocycles. The summed E-state index contributed by atoms with van der Waals surface area (Å²) in [6, 6.07) is 6.60. The number of carboxylic acid groups (broad SMARTS) is 1. The molecule has 0 spiro atoms. The van der Waals surface area contributed by atoms with E-state index in [-0.39, 0.29) is 10.8 Å². The monoisotopic (exact) mass is 311 g/mol. The molecule has 2 rings (SSSR count). The lowest BCUT2D eigenvalue weighted by atomic mass is 9.98. The Labute approximate surface area is 125 Å². The summed E-state index contributed by atoms with van der Waals surface area (Å²) in [5.74, 6) is -1.26. The SMILES string of the molecule is CCCc1ccc(S(=O)(=O)NC(C)(C(=O)O)C2CC2)cc1. The molecule has 6 heteroatoms. The molecule has 0 heterocycles. The van der Waals surface area contributed by atoms with Gasteiger partial charge in [0.2, 0.25) is 10.0 Å². The Hall–Kier alpha value is -1.40. The molecule has 1 aromatic carbocycles. The van der Waals surface area contributed by atoms with Gasteiger partial charge in [-0.15, -0.1) is 0 Å². The smallest absolute Gasteiger partial charge is 0.324 e. The number of aliphatic carboxylic acids is 1. The summed E-state index contributed by atoms with van der Waals surface area (Å²) in [4.78, 5) is 11.5. The molecule has 1 unspecified atom stereocenters. The summed E-state index contributed by atoms with van der Waals surface area (Å²) in [7, 11) is -3.83. The van der Waals surface area contributed by atoms with Crippen LogP contribution in [-0.4, -0.2) is 25.0 Å². The van der Waals surface area contributed by atoms with Crippen molar-refractivity contribution in [3.8, 4) is 0 Å². The first-order chi connectivity index (χ1) is 9.79. The summed E-state index contributed by atoms with van der Waals surface area (Å²) in [5.41, 5.74) is -0.361. The lowest BCUT2D eigenvalue weighted by molar-refractivity contribution is -0.144. The molecule has 0 radical (unpaired) electrons. The second-order valence-electron chi connectivity index (χ2n) is 5.78. The number of carboxylic acids is 1. The van der Waals surface area contributed by atoms with E-state index in [0.29, 0.717) is 0 Å². The van der Waals surface area contributed by atoms with Crippen LogP contribution in [-0.2, 0) is 21.2 Å². The second-order valence-corrected chi connectivity index (χ2v) is 7.46. The highest BCUT2D eigenvalue weighted by Crippen LogP contribution is 2.40. The van der Waals surface area contributed by atoms with Crippen LogP contribution in [0.3, 0.4) is 0 Å². The number of carbonyl (C=O) groups is 1. The van der Waals surface area contributed by atoms with E-state index in [0.717, 1.165) is 31.2 Å². The maximum atomic E-state index is 12.4. The van der Waals surface area contributed by atoms with Crippen molar-refractivity contribution in [1.29, 1.82) is 0 Å². The minimum Gasteiger partial charge on any atom is -0.480 e. The summed E-state index contributed by atoms with van der Waals surface area (Å²) >= 11 is 0. The summed E-state index contributed by atoms with van der Waals surface area (Å²) in [6.07, 6.45) is 3.35. The average Bonchev–Trinajstić information content (AvgIpc) is 3.23. The third-order valence-corrected chi connectivity index (χ3v) is 5.54. The Bertz CT molecular complexity index is 620. The van der Waals surface area contributed by atoms with Crippen LogP contribution in [0.2, 0.25) is 0 Å². The summed E-state index contributed by atoms with van der Waals surface area (Å²) in [6.45, 7) is 3.50. The minimum atomic E-state index is -3.83. The zero-order valence-electron chi connectivity index (χ0n) is 12.3. The van der Waals surface area contributed by atoms with Gasteiger partial charge in [-0.1, -0.05) is 25.5 Å². The van der Waals surface area contributed by atoms with Crippen LogP contribution >= 0.6 is 0 Å². The molecule has 1 fully saturated rings. The first kappa shape index (κ1) is 16.0. The zero-order chi connectivity index (χ0) is 15.7. The number of sulfonamides is 1. The Kier molecular flexibility index (Phi) is 4.39. The highest BCUT2D eigenvalue weighted by atomic mass is 32.2. The number of nitrogens with one attached hydrogen (secondary N) is 1. The molecule has 21 heavy (non-hydrogen) atoms. The molecule has 1 aliphatic rings. The first-order valence-corrected chi connectivity index (χ1v) is 8.64. The lowest BCUT2D eigenvalue weighted by Crippen LogP contribution is -2.53. The second kappa shape index (κ2) is 5.77. The van der Waals surface area contributed by atoms with Crippen LogP contribution in [0.15, 0.2) is 29.2 Å². The standard InChI is InChI=1S/C15H21NO4S/c1-3-4-11-5-9-13(10-6-11)21(19,20)16-15(2,14(17)18)12-7-8-12/h5-6,9-10,12,16H,3-4,7-8H2,1-2H3,(H,17,18).